The third kappa shape index (κ3) is 5.06. The van der Waals surface area contributed by atoms with Crippen molar-refractivity contribution in [2.45, 2.75) is 82.3 Å². The van der Waals surface area contributed by atoms with Gasteiger partial charge >= 0.3 is 12.1 Å². The Kier molecular flexibility index (Phi) is 7.13. The molecule has 4 saturated heterocycles. The Labute approximate surface area is 249 Å². The zero-order valence-corrected chi connectivity index (χ0v) is 26.1. The van der Waals surface area contributed by atoms with Crippen LogP contribution in [-0.4, -0.2) is 88.0 Å². The number of fused-ring (bicyclic) bond motifs is 4. The molecule has 39 heavy (non-hydrogen) atoms. The van der Waals surface area contributed by atoms with Gasteiger partial charge in [-0.25, -0.2) is 13.6 Å². The average molecular weight is 720 g/mol. The fourth-order valence-electron chi connectivity index (χ4n) is 6.78. The van der Waals surface area contributed by atoms with E-state index in [1.807, 2.05) is 31.7 Å². The minimum Gasteiger partial charge on any atom is -0.461 e. The van der Waals surface area contributed by atoms with Crippen LogP contribution in [0.25, 0.3) is 10.9 Å². The number of aromatic nitrogens is 2. The van der Waals surface area contributed by atoms with Crippen molar-refractivity contribution in [3.63, 3.8) is 0 Å². The van der Waals surface area contributed by atoms with Gasteiger partial charge in [-0.3, -0.25) is 9.80 Å². The van der Waals surface area contributed by atoms with Crippen molar-refractivity contribution in [2.75, 3.05) is 37.7 Å². The molecule has 0 aliphatic carbocycles. The molecule has 4 aliphatic heterocycles. The molecule has 212 valence electrons. The van der Waals surface area contributed by atoms with E-state index in [1.54, 1.807) is 0 Å². The van der Waals surface area contributed by atoms with E-state index in [-0.39, 0.29) is 41.8 Å². The molecule has 0 radical (unpaired) electrons. The van der Waals surface area contributed by atoms with Crippen molar-refractivity contribution in [3.8, 4) is 6.01 Å². The van der Waals surface area contributed by atoms with Crippen LogP contribution >= 0.6 is 38.5 Å². The second-order valence-electron chi connectivity index (χ2n) is 12.3. The lowest BCUT2D eigenvalue weighted by atomic mass is 9.95. The predicted octanol–water partition coefficient (Wildman–Crippen LogP) is 5.68. The van der Waals surface area contributed by atoms with Crippen LogP contribution < -0.4 is 9.64 Å². The first-order valence-electron chi connectivity index (χ1n) is 13.6. The number of hydrogen-bond donors (Lipinski definition) is 0. The third-order valence-corrected chi connectivity index (χ3v) is 10.8. The molecule has 1 amide bonds. The summed E-state index contributed by atoms with van der Waals surface area (Å²) in [6, 6.07) is 1.92. The summed E-state index contributed by atoms with van der Waals surface area (Å²) in [7, 11) is 0. The van der Waals surface area contributed by atoms with Crippen molar-refractivity contribution in [1.29, 1.82) is 0 Å². The third-order valence-electron chi connectivity index (χ3n) is 8.40. The van der Waals surface area contributed by atoms with E-state index in [2.05, 4.69) is 53.3 Å². The molecule has 0 saturated carbocycles. The molecule has 0 unspecified atom stereocenters. The summed E-state index contributed by atoms with van der Waals surface area (Å²) < 4.78 is 42.8. The number of nitrogens with zero attached hydrogens (tertiary/aromatic N) is 5. The van der Waals surface area contributed by atoms with Crippen LogP contribution in [0.1, 0.15) is 52.9 Å². The van der Waals surface area contributed by atoms with E-state index in [0.29, 0.717) is 45.3 Å². The summed E-state index contributed by atoms with van der Waals surface area (Å²) >= 11 is 5.45. The zero-order valence-electron chi connectivity index (χ0n) is 22.4. The quantitative estimate of drug-likeness (QED) is 0.298. The summed E-state index contributed by atoms with van der Waals surface area (Å²) in [5, 5.41) is 0.600. The lowest BCUT2D eigenvalue weighted by molar-refractivity contribution is 0.0122. The van der Waals surface area contributed by atoms with Crippen molar-refractivity contribution in [3.05, 3.63) is 19.9 Å². The highest BCUT2D eigenvalue weighted by Crippen LogP contribution is 2.42. The van der Waals surface area contributed by atoms with Crippen LogP contribution in [0.3, 0.4) is 0 Å². The molecule has 1 aromatic heterocycles. The second-order valence-corrected chi connectivity index (χ2v) is 14.2. The van der Waals surface area contributed by atoms with Gasteiger partial charge in [0, 0.05) is 35.0 Å². The zero-order chi connectivity index (χ0) is 27.7. The number of alkyl halides is 1. The second kappa shape index (κ2) is 10.1. The molecule has 12 heteroatoms. The summed E-state index contributed by atoms with van der Waals surface area (Å²) in [6.07, 6.45) is 2.88. The lowest BCUT2D eigenvalue weighted by Crippen LogP contribution is -2.57. The molecule has 4 fully saturated rings. The van der Waals surface area contributed by atoms with Gasteiger partial charge in [0.25, 0.3) is 0 Å². The number of rotatable bonds is 4. The fraction of sp³-hybridized carbons (Fsp3) is 0.667. The molecule has 4 aliphatic rings. The number of carbonyl (C=O) groups excluding carboxylic acids is 1. The minimum atomic E-state index is -0.866. The van der Waals surface area contributed by atoms with Gasteiger partial charge in [0.1, 0.15) is 29.7 Å². The van der Waals surface area contributed by atoms with E-state index in [1.165, 1.54) is 0 Å². The number of hydrogen-bond acceptors (Lipinski definition) is 7. The van der Waals surface area contributed by atoms with Gasteiger partial charge in [-0.15, -0.1) is 0 Å². The number of halogens is 4. The van der Waals surface area contributed by atoms with E-state index in [4.69, 9.17) is 14.5 Å². The molecule has 8 nitrogen and oxygen atoms in total. The van der Waals surface area contributed by atoms with Crippen molar-refractivity contribution in [2.24, 2.45) is 0 Å². The topological polar surface area (TPSA) is 71.0 Å². The van der Waals surface area contributed by atoms with Gasteiger partial charge in [-0.05, 0) is 97.6 Å². The predicted molar refractivity (Wildman–Crippen MR) is 156 cm³/mol. The maximum Gasteiger partial charge on any atom is 0.410 e. The Balaban J connectivity index is 1.32. The Hall–Kier alpha value is -1.54. The Morgan fingerprint density at radius 3 is 2.64 bits per heavy atom. The van der Waals surface area contributed by atoms with E-state index in [9.17, 15) is 9.18 Å². The first-order valence-corrected chi connectivity index (χ1v) is 15.4. The number of carbonyl (C=O) groups is 1. The highest BCUT2D eigenvalue weighted by atomic mass is 127. The van der Waals surface area contributed by atoms with Gasteiger partial charge in [0.05, 0.1) is 22.1 Å². The maximum absolute atomic E-state index is 15.5. The molecule has 2 aromatic rings. The average Bonchev–Trinajstić information content (AvgIpc) is 3.47. The summed E-state index contributed by atoms with van der Waals surface area (Å²) in [5.74, 6) is 0.127. The molecule has 0 spiro atoms. The van der Waals surface area contributed by atoms with E-state index < -0.39 is 17.6 Å². The number of benzene rings is 1. The number of amides is 1. The highest BCUT2D eigenvalue weighted by Gasteiger charge is 2.50. The fourth-order valence-corrected chi connectivity index (χ4v) is 7.63. The van der Waals surface area contributed by atoms with Gasteiger partial charge in [0.2, 0.25) is 0 Å². The lowest BCUT2D eigenvalue weighted by Gasteiger charge is -2.42. The van der Waals surface area contributed by atoms with Gasteiger partial charge < -0.3 is 14.4 Å². The molecule has 1 aromatic carbocycles. The maximum atomic E-state index is 15.5. The van der Waals surface area contributed by atoms with Crippen LogP contribution in [0, 0.1) is 9.39 Å². The first-order chi connectivity index (χ1) is 18.4. The van der Waals surface area contributed by atoms with Crippen LogP contribution in [0.15, 0.2) is 10.5 Å². The standard InChI is InChI=1S/C27H33BrF2IN5O3/c1-26(2,3)39-25(37)36-16-5-6-17(36)13-34(12-16)23-18-9-19(31)20(28)21(30)22(18)32-24(33-23)38-14-27-7-4-8-35(27)11-15(29)10-27/h9,15-17H,4-8,10-14H2,1-3H3/t15-,16-,17+,27+/m1/s1. The molecule has 0 N–H and O–H groups in total. The van der Waals surface area contributed by atoms with Crippen LogP contribution in [0.5, 0.6) is 6.01 Å². The van der Waals surface area contributed by atoms with Crippen LogP contribution in [0.2, 0.25) is 0 Å². The Bertz CT molecular complexity index is 1300. The van der Waals surface area contributed by atoms with Crippen molar-refractivity contribution >= 4 is 61.3 Å². The van der Waals surface area contributed by atoms with E-state index >= 15 is 4.39 Å². The molecule has 2 bridgehead atoms. The van der Waals surface area contributed by atoms with Gasteiger partial charge in [-0.2, -0.15) is 9.97 Å². The first kappa shape index (κ1) is 27.6. The summed E-state index contributed by atoms with van der Waals surface area (Å²) in [4.78, 5) is 28.5. The highest BCUT2D eigenvalue weighted by molar-refractivity contribution is 14.1. The number of piperazine rings is 1. The van der Waals surface area contributed by atoms with Crippen LogP contribution in [0.4, 0.5) is 19.4 Å². The van der Waals surface area contributed by atoms with Gasteiger partial charge in [0.15, 0.2) is 5.82 Å². The molecule has 4 atom stereocenters. The van der Waals surface area contributed by atoms with Gasteiger partial charge in [-0.1, -0.05) is 0 Å². The number of anilines is 1. The summed E-state index contributed by atoms with van der Waals surface area (Å²) in [6.45, 7) is 8.27. The van der Waals surface area contributed by atoms with Crippen molar-refractivity contribution in [1.82, 2.24) is 19.8 Å². The normalized spacial score (nSPS) is 28.8. The smallest absolute Gasteiger partial charge is 0.410 e. The van der Waals surface area contributed by atoms with Crippen LogP contribution in [-0.2, 0) is 4.74 Å². The molecule has 6 rings (SSSR count). The van der Waals surface area contributed by atoms with Crippen molar-refractivity contribution < 1.29 is 23.0 Å². The SMILES string of the molecule is CC(C)(C)OC(=O)N1[C@@H]2CC[C@H]1CN(c1nc(OC[C@@]34CCCN3C[C@H](F)C4)nc3c(F)c(Br)c(I)cc13)C2. The monoisotopic (exact) mass is 719 g/mol. The van der Waals surface area contributed by atoms with E-state index in [0.717, 1.165) is 32.2 Å². The molecular weight excluding hydrogens is 687 g/mol. The molecule has 5 heterocycles. The number of ether oxygens (including phenoxy) is 2. The molecular formula is C27H33BrF2IN5O3. The summed E-state index contributed by atoms with van der Waals surface area (Å²) in [5.41, 5.74) is -0.749. The Morgan fingerprint density at radius 1 is 1.23 bits per heavy atom. The largest absolute Gasteiger partial charge is 0.461 e. The Morgan fingerprint density at radius 2 is 1.95 bits per heavy atom. The minimum absolute atomic E-state index is 0.0294.